The number of hydrogen-bond donors (Lipinski definition) is 2. The van der Waals surface area contributed by atoms with Crippen LogP contribution in [0.5, 0.6) is 0 Å². The molecule has 1 amide bonds. The highest BCUT2D eigenvalue weighted by Crippen LogP contribution is 2.35. The lowest BCUT2D eigenvalue weighted by molar-refractivity contribution is 0.0730. The van der Waals surface area contributed by atoms with Crippen molar-refractivity contribution in [3.8, 4) is 0 Å². The number of rotatable bonds is 4. The average Bonchev–Trinajstić information content (AvgIpc) is 3.34. The van der Waals surface area contributed by atoms with Gasteiger partial charge in [-0.2, -0.15) is 0 Å². The van der Waals surface area contributed by atoms with Crippen molar-refractivity contribution >= 4 is 55.7 Å². The number of benzene rings is 2. The smallest absolute Gasteiger partial charge is 0.264 e. The van der Waals surface area contributed by atoms with Crippen LogP contribution in [0.3, 0.4) is 0 Å². The number of hydrogen-bond acceptors (Lipinski definition) is 4. The van der Waals surface area contributed by atoms with Gasteiger partial charge in [0.15, 0.2) is 0 Å². The van der Waals surface area contributed by atoms with Crippen LogP contribution in [-0.4, -0.2) is 40.3 Å². The van der Waals surface area contributed by atoms with Crippen molar-refractivity contribution in [1.29, 1.82) is 0 Å². The van der Waals surface area contributed by atoms with Gasteiger partial charge in [0.1, 0.15) is 16.5 Å². The molecule has 0 atom stereocenters. The second-order valence-corrected chi connectivity index (χ2v) is 10.8. The van der Waals surface area contributed by atoms with Gasteiger partial charge in [-0.05, 0) is 37.3 Å². The van der Waals surface area contributed by atoms with Gasteiger partial charge >= 0.3 is 0 Å². The minimum atomic E-state index is -4.32. The zero-order chi connectivity index (χ0) is 25.1. The Kier molecular flexibility index (Phi) is 5.77. The van der Waals surface area contributed by atoms with Crippen molar-refractivity contribution in [2.75, 3.05) is 11.3 Å². The molecule has 1 aliphatic heterocycles. The third-order valence-electron chi connectivity index (χ3n) is 6.22. The van der Waals surface area contributed by atoms with Crippen LogP contribution in [0.1, 0.15) is 27.6 Å². The molecule has 5 rings (SSSR count). The van der Waals surface area contributed by atoms with Gasteiger partial charge in [-0.15, -0.1) is 0 Å². The number of carbonyl (C=O) groups is 1. The maximum atomic E-state index is 15.0. The largest absolute Gasteiger partial charge is 0.358 e. The molecule has 12 heteroatoms. The maximum Gasteiger partial charge on any atom is 0.264 e. The molecule has 0 unspecified atom stereocenters. The molecule has 3 heterocycles. The number of nitrogens with zero attached hydrogens (tertiary/aromatic N) is 3. The van der Waals surface area contributed by atoms with E-state index in [9.17, 15) is 17.6 Å². The number of imidazole rings is 1. The Hall–Kier alpha value is -3.08. The van der Waals surface area contributed by atoms with E-state index >= 15 is 0 Å². The van der Waals surface area contributed by atoms with Crippen LogP contribution in [-0.2, 0) is 30.0 Å². The summed E-state index contributed by atoms with van der Waals surface area (Å²) in [4.78, 5) is 21.4. The minimum Gasteiger partial charge on any atom is -0.358 e. The summed E-state index contributed by atoms with van der Waals surface area (Å²) in [6.45, 7) is 2.66. The third-order valence-corrected chi connectivity index (χ3v) is 8.23. The fourth-order valence-electron chi connectivity index (χ4n) is 4.32. The normalized spacial score (nSPS) is 13.8. The van der Waals surface area contributed by atoms with Gasteiger partial charge < -0.3 is 14.5 Å². The molecule has 182 valence electrons. The number of sulfonamides is 1. The molecule has 0 aliphatic carbocycles. The summed E-state index contributed by atoms with van der Waals surface area (Å²) in [5.74, 6) is -0.573. The highest BCUT2D eigenvalue weighted by molar-refractivity contribution is 7.92. The molecule has 4 aromatic rings. The Morgan fingerprint density at radius 1 is 1.20 bits per heavy atom. The number of aromatic amines is 1. The highest BCUT2D eigenvalue weighted by Gasteiger charge is 2.27. The van der Waals surface area contributed by atoms with Crippen molar-refractivity contribution in [3.05, 3.63) is 75.2 Å². The van der Waals surface area contributed by atoms with Crippen molar-refractivity contribution in [1.82, 2.24) is 19.4 Å². The van der Waals surface area contributed by atoms with Crippen LogP contribution < -0.4 is 4.72 Å². The second kappa shape index (κ2) is 8.54. The molecular formula is C23H20Cl2FN5O3S. The Morgan fingerprint density at radius 3 is 2.71 bits per heavy atom. The number of nitrogens with one attached hydrogen (secondary N) is 2. The quantitative estimate of drug-likeness (QED) is 0.397. The van der Waals surface area contributed by atoms with Gasteiger partial charge in [-0.3, -0.25) is 9.52 Å². The van der Waals surface area contributed by atoms with Gasteiger partial charge in [-0.25, -0.2) is 17.8 Å². The van der Waals surface area contributed by atoms with E-state index in [2.05, 4.69) is 14.7 Å². The van der Waals surface area contributed by atoms with Crippen molar-refractivity contribution < 1.29 is 17.6 Å². The van der Waals surface area contributed by atoms with E-state index in [0.29, 0.717) is 40.5 Å². The minimum absolute atomic E-state index is 0.0580. The molecule has 0 saturated heterocycles. The zero-order valence-electron chi connectivity index (χ0n) is 18.7. The van der Waals surface area contributed by atoms with Crippen LogP contribution in [0.2, 0.25) is 10.0 Å². The molecule has 8 nitrogen and oxygen atoms in total. The number of H-pyrrole nitrogens is 1. The van der Waals surface area contributed by atoms with Crippen molar-refractivity contribution in [2.45, 2.75) is 24.8 Å². The average molecular weight is 536 g/mol. The Morgan fingerprint density at radius 2 is 1.97 bits per heavy atom. The summed E-state index contributed by atoms with van der Waals surface area (Å²) < 4.78 is 45.3. The lowest BCUT2D eigenvalue weighted by Gasteiger charge is -2.27. The number of anilines is 1. The fourth-order valence-corrected chi connectivity index (χ4v) is 6.01. The van der Waals surface area contributed by atoms with Gasteiger partial charge in [-0.1, -0.05) is 23.2 Å². The summed E-state index contributed by atoms with van der Waals surface area (Å²) >= 11 is 12.3. The van der Waals surface area contributed by atoms with Crippen LogP contribution in [0.25, 0.3) is 10.9 Å². The Labute approximate surface area is 210 Å². The summed E-state index contributed by atoms with van der Waals surface area (Å²) in [7, 11) is -2.39. The summed E-state index contributed by atoms with van der Waals surface area (Å²) in [6.07, 6.45) is 2.11. The number of fused-ring (bicyclic) bond motifs is 2. The molecule has 0 saturated carbocycles. The number of halogens is 3. The van der Waals surface area contributed by atoms with Crippen molar-refractivity contribution in [3.63, 3.8) is 0 Å². The van der Waals surface area contributed by atoms with Crippen LogP contribution in [0.15, 0.2) is 41.4 Å². The third kappa shape index (κ3) is 4.05. The van der Waals surface area contributed by atoms with Crippen molar-refractivity contribution in [2.24, 2.45) is 7.05 Å². The number of amides is 1. The van der Waals surface area contributed by atoms with E-state index in [1.165, 1.54) is 24.4 Å². The second-order valence-electron chi connectivity index (χ2n) is 8.32. The molecule has 0 fully saturated rings. The summed E-state index contributed by atoms with van der Waals surface area (Å²) in [5.41, 5.74) is 2.47. The number of carbonyl (C=O) groups excluding carboxylic acids is 1. The predicted octanol–water partition coefficient (Wildman–Crippen LogP) is 4.66. The van der Waals surface area contributed by atoms with E-state index < -0.39 is 26.6 Å². The standard InChI is InChI=1S/C23H20Cl2FN5O3S/c1-12-28-18-11-31(8-7-19(18)30(12)2)23(32)13-3-6-20(16(26)9-13)35(33,34)29-17-5-4-14(24)21-15(25)10-27-22(17)21/h3-6,9-10,27,29H,7-8,11H2,1-2H3. The SMILES string of the molecule is Cc1nc2c(n1C)CCN(C(=O)c1ccc(S(=O)(=O)Nc3ccc(Cl)c4c(Cl)c[nH]c34)c(F)c1)C2. The van der Waals surface area contributed by atoms with Crippen LogP contribution in [0, 0.1) is 12.7 Å². The molecule has 2 N–H and O–H groups in total. The maximum absolute atomic E-state index is 15.0. The molecule has 1 aliphatic rings. The molecule has 35 heavy (non-hydrogen) atoms. The molecule has 2 aromatic carbocycles. The summed E-state index contributed by atoms with van der Waals surface area (Å²) in [6, 6.07) is 6.28. The first-order valence-electron chi connectivity index (χ1n) is 10.6. The van der Waals surface area contributed by atoms with E-state index in [-0.39, 0.29) is 11.3 Å². The predicted molar refractivity (Wildman–Crippen MR) is 132 cm³/mol. The number of aromatic nitrogens is 3. The van der Waals surface area contributed by atoms with Gasteiger partial charge in [0, 0.05) is 42.9 Å². The van der Waals surface area contributed by atoms with Gasteiger partial charge in [0.05, 0.1) is 33.5 Å². The Balaban J connectivity index is 1.40. The lowest BCUT2D eigenvalue weighted by Crippen LogP contribution is -2.36. The number of aryl methyl sites for hydroxylation is 1. The van der Waals surface area contributed by atoms with E-state index in [0.717, 1.165) is 29.3 Å². The summed E-state index contributed by atoms with van der Waals surface area (Å²) in [5, 5.41) is 1.11. The van der Waals surface area contributed by atoms with Crippen LogP contribution in [0.4, 0.5) is 10.1 Å². The molecular weight excluding hydrogens is 516 g/mol. The highest BCUT2D eigenvalue weighted by atomic mass is 35.5. The van der Waals surface area contributed by atoms with E-state index in [1.807, 2.05) is 18.5 Å². The van der Waals surface area contributed by atoms with E-state index in [1.54, 1.807) is 4.90 Å². The molecule has 0 bridgehead atoms. The van der Waals surface area contributed by atoms with Gasteiger partial charge in [0.25, 0.3) is 15.9 Å². The zero-order valence-corrected chi connectivity index (χ0v) is 21.0. The lowest BCUT2D eigenvalue weighted by atomic mass is 10.1. The molecule has 0 radical (unpaired) electrons. The van der Waals surface area contributed by atoms with Crippen LogP contribution >= 0.6 is 23.2 Å². The monoisotopic (exact) mass is 535 g/mol. The fraction of sp³-hybridized carbons (Fsp3) is 0.217. The first-order chi connectivity index (χ1) is 16.6. The molecule has 2 aromatic heterocycles. The first-order valence-corrected chi connectivity index (χ1v) is 12.9. The molecule has 0 spiro atoms. The Bertz CT molecular complexity index is 1610. The van der Waals surface area contributed by atoms with E-state index in [4.69, 9.17) is 23.2 Å². The van der Waals surface area contributed by atoms with Gasteiger partial charge in [0.2, 0.25) is 0 Å². The topological polar surface area (TPSA) is 100 Å². The first kappa shape index (κ1) is 23.7.